The second kappa shape index (κ2) is 3.75. The largest absolute Gasteiger partial charge is 0.312 e. The third-order valence-electron chi connectivity index (χ3n) is 2.95. The number of rotatable bonds is 1. The van der Waals surface area contributed by atoms with E-state index in [4.69, 9.17) is 0 Å². The lowest BCUT2D eigenvalue weighted by atomic mass is 10.0. The Kier molecular flexibility index (Phi) is 3.13. The Morgan fingerprint density at radius 1 is 1.50 bits per heavy atom. The number of nitrogens with zero attached hydrogens (tertiary/aromatic N) is 1. The molecule has 0 aromatic heterocycles. The number of nitrogens with one attached hydrogen (secondary N) is 1. The van der Waals surface area contributed by atoms with Gasteiger partial charge in [0.15, 0.2) is 0 Å². The van der Waals surface area contributed by atoms with Gasteiger partial charge in [0, 0.05) is 24.7 Å². The Labute approximate surface area is 76.3 Å². The number of likely N-dealkylation sites (N-methyl/N-ethyl adjacent to an activating group) is 1. The minimum Gasteiger partial charge on any atom is -0.312 e. The van der Waals surface area contributed by atoms with Crippen molar-refractivity contribution in [3.63, 3.8) is 0 Å². The van der Waals surface area contributed by atoms with Crippen molar-refractivity contribution in [2.45, 2.75) is 45.7 Å². The van der Waals surface area contributed by atoms with E-state index in [0.717, 1.165) is 6.54 Å². The lowest BCUT2D eigenvalue weighted by Crippen LogP contribution is -2.48. The Morgan fingerprint density at radius 2 is 2.17 bits per heavy atom. The Bertz CT molecular complexity index is 143. The summed E-state index contributed by atoms with van der Waals surface area (Å²) in [5.41, 5.74) is 0.333. The van der Waals surface area contributed by atoms with E-state index in [1.54, 1.807) is 0 Å². The van der Waals surface area contributed by atoms with Gasteiger partial charge in [-0.05, 0) is 33.7 Å². The van der Waals surface area contributed by atoms with Gasteiger partial charge >= 0.3 is 0 Å². The first-order chi connectivity index (χ1) is 5.56. The lowest BCUT2D eigenvalue weighted by Gasteiger charge is -2.35. The highest BCUT2D eigenvalue weighted by Gasteiger charge is 2.28. The normalized spacial score (nSPS) is 31.5. The van der Waals surface area contributed by atoms with Gasteiger partial charge in [-0.1, -0.05) is 6.92 Å². The summed E-state index contributed by atoms with van der Waals surface area (Å²) < 4.78 is 0. The molecule has 1 unspecified atom stereocenters. The van der Waals surface area contributed by atoms with E-state index >= 15 is 0 Å². The molecule has 0 aliphatic carbocycles. The molecule has 72 valence electrons. The van der Waals surface area contributed by atoms with Crippen molar-refractivity contribution < 1.29 is 0 Å². The first kappa shape index (κ1) is 10.0. The standard InChI is InChI=1S/C10H22N2/c1-5-12-7-6-9(2)11-8-10(12,3)4/h9,11H,5-8H2,1-4H3. The topological polar surface area (TPSA) is 15.3 Å². The van der Waals surface area contributed by atoms with E-state index in [0.29, 0.717) is 11.6 Å². The lowest BCUT2D eigenvalue weighted by molar-refractivity contribution is 0.141. The van der Waals surface area contributed by atoms with Crippen molar-refractivity contribution in [2.24, 2.45) is 0 Å². The van der Waals surface area contributed by atoms with E-state index in [9.17, 15) is 0 Å². The molecular formula is C10H22N2. The van der Waals surface area contributed by atoms with Crippen LogP contribution < -0.4 is 5.32 Å². The summed E-state index contributed by atoms with van der Waals surface area (Å²) in [6.07, 6.45) is 1.28. The van der Waals surface area contributed by atoms with Gasteiger partial charge < -0.3 is 5.32 Å². The first-order valence-electron chi connectivity index (χ1n) is 5.04. The quantitative estimate of drug-likeness (QED) is 0.641. The van der Waals surface area contributed by atoms with Crippen molar-refractivity contribution >= 4 is 0 Å². The van der Waals surface area contributed by atoms with E-state index in [2.05, 4.69) is 37.9 Å². The average molecular weight is 170 g/mol. The molecule has 0 aromatic rings. The van der Waals surface area contributed by atoms with Gasteiger partial charge in [-0.2, -0.15) is 0 Å². The Balaban J connectivity index is 2.60. The van der Waals surface area contributed by atoms with Gasteiger partial charge in [-0.3, -0.25) is 4.90 Å². The fourth-order valence-electron chi connectivity index (χ4n) is 1.88. The SMILES string of the molecule is CCN1CCC(C)NCC1(C)C. The van der Waals surface area contributed by atoms with Crippen LogP contribution in [-0.4, -0.2) is 36.1 Å². The van der Waals surface area contributed by atoms with Gasteiger partial charge in [0.05, 0.1) is 0 Å². The van der Waals surface area contributed by atoms with Gasteiger partial charge in [0.2, 0.25) is 0 Å². The molecule has 0 saturated carbocycles. The first-order valence-corrected chi connectivity index (χ1v) is 5.04. The molecule has 0 radical (unpaired) electrons. The molecule has 1 fully saturated rings. The second-order valence-corrected chi connectivity index (χ2v) is 4.46. The predicted octanol–water partition coefficient (Wildman–Crippen LogP) is 1.47. The maximum atomic E-state index is 3.56. The molecule has 1 N–H and O–H groups in total. The molecule has 1 aliphatic heterocycles. The van der Waals surface area contributed by atoms with Crippen LogP contribution in [0.1, 0.15) is 34.1 Å². The molecule has 0 spiro atoms. The van der Waals surface area contributed by atoms with Crippen LogP contribution in [0.5, 0.6) is 0 Å². The van der Waals surface area contributed by atoms with Crippen LogP contribution in [0.15, 0.2) is 0 Å². The van der Waals surface area contributed by atoms with E-state index in [-0.39, 0.29) is 0 Å². The van der Waals surface area contributed by atoms with Crippen LogP contribution in [0.4, 0.5) is 0 Å². The minimum atomic E-state index is 0.333. The summed E-state index contributed by atoms with van der Waals surface area (Å²) in [6.45, 7) is 12.7. The van der Waals surface area contributed by atoms with Crippen molar-refractivity contribution in [3.8, 4) is 0 Å². The smallest absolute Gasteiger partial charge is 0.0277 e. The fourth-order valence-corrected chi connectivity index (χ4v) is 1.88. The summed E-state index contributed by atoms with van der Waals surface area (Å²) in [5.74, 6) is 0. The average Bonchev–Trinajstić information content (AvgIpc) is 2.12. The molecule has 1 aliphatic rings. The molecule has 1 rings (SSSR count). The van der Waals surface area contributed by atoms with E-state index in [1.165, 1.54) is 19.5 Å². The summed E-state index contributed by atoms with van der Waals surface area (Å²) in [4.78, 5) is 2.56. The van der Waals surface area contributed by atoms with Gasteiger partial charge in [0.25, 0.3) is 0 Å². The van der Waals surface area contributed by atoms with E-state index in [1.807, 2.05) is 0 Å². The summed E-state index contributed by atoms with van der Waals surface area (Å²) in [6, 6.07) is 0.681. The van der Waals surface area contributed by atoms with Crippen molar-refractivity contribution in [2.75, 3.05) is 19.6 Å². The highest BCUT2D eigenvalue weighted by Crippen LogP contribution is 2.17. The van der Waals surface area contributed by atoms with Crippen molar-refractivity contribution in [1.29, 1.82) is 0 Å². The monoisotopic (exact) mass is 170 g/mol. The van der Waals surface area contributed by atoms with E-state index < -0.39 is 0 Å². The molecule has 0 aromatic carbocycles. The van der Waals surface area contributed by atoms with Crippen molar-refractivity contribution in [3.05, 3.63) is 0 Å². The molecule has 1 heterocycles. The molecule has 0 bridgehead atoms. The minimum absolute atomic E-state index is 0.333. The maximum Gasteiger partial charge on any atom is 0.0277 e. The Morgan fingerprint density at radius 3 is 2.75 bits per heavy atom. The van der Waals surface area contributed by atoms with Crippen LogP contribution >= 0.6 is 0 Å². The highest BCUT2D eigenvalue weighted by atomic mass is 15.2. The molecule has 1 saturated heterocycles. The van der Waals surface area contributed by atoms with Gasteiger partial charge in [-0.15, -0.1) is 0 Å². The summed E-state index contributed by atoms with van der Waals surface area (Å²) in [5, 5.41) is 3.56. The molecule has 2 nitrogen and oxygen atoms in total. The van der Waals surface area contributed by atoms with Crippen LogP contribution in [-0.2, 0) is 0 Å². The zero-order chi connectivity index (χ0) is 9.19. The van der Waals surface area contributed by atoms with Gasteiger partial charge in [0.1, 0.15) is 0 Å². The Hall–Kier alpha value is -0.0800. The summed E-state index contributed by atoms with van der Waals surface area (Å²) in [7, 11) is 0. The molecule has 0 amide bonds. The molecular weight excluding hydrogens is 148 g/mol. The van der Waals surface area contributed by atoms with Gasteiger partial charge in [-0.25, -0.2) is 0 Å². The van der Waals surface area contributed by atoms with Crippen LogP contribution in [0, 0.1) is 0 Å². The molecule has 1 atom stereocenters. The predicted molar refractivity (Wildman–Crippen MR) is 53.4 cm³/mol. The van der Waals surface area contributed by atoms with Crippen LogP contribution in [0.25, 0.3) is 0 Å². The molecule has 12 heavy (non-hydrogen) atoms. The number of hydrogen-bond acceptors (Lipinski definition) is 2. The number of hydrogen-bond donors (Lipinski definition) is 1. The third-order valence-corrected chi connectivity index (χ3v) is 2.95. The maximum absolute atomic E-state index is 3.56. The second-order valence-electron chi connectivity index (χ2n) is 4.46. The third kappa shape index (κ3) is 2.20. The molecule has 2 heteroatoms. The van der Waals surface area contributed by atoms with Crippen LogP contribution in [0.3, 0.4) is 0 Å². The summed E-state index contributed by atoms with van der Waals surface area (Å²) >= 11 is 0. The van der Waals surface area contributed by atoms with Crippen molar-refractivity contribution in [1.82, 2.24) is 10.2 Å². The zero-order valence-electron chi connectivity index (χ0n) is 8.85. The van der Waals surface area contributed by atoms with Crippen LogP contribution in [0.2, 0.25) is 0 Å². The fraction of sp³-hybridized carbons (Fsp3) is 1.00. The highest BCUT2D eigenvalue weighted by molar-refractivity contribution is 4.87. The zero-order valence-corrected chi connectivity index (χ0v) is 8.85.